The van der Waals surface area contributed by atoms with Gasteiger partial charge < -0.3 is 23.2 Å². The summed E-state index contributed by atoms with van der Waals surface area (Å²) < 4.78 is 61.3. The van der Waals surface area contributed by atoms with Crippen LogP contribution in [0, 0.1) is 24.3 Å². The first-order chi connectivity index (χ1) is 31.3. The van der Waals surface area contributed by atoms with Gasteiger partial charge in [-0.15, -0.1) is 59.3 Å². The Kier molecular flexibility index (Phi) is 8.40. The van der Waals surface area contributed by atoms with E-state index in [1.165, 1.54) is 12.4 Å². The largest absolute Gasteiger partial charge is 2.00 e. The summed E-state index contributed by atoms with van der Waals surface area (Å²) in [6.07, 6.45) is 6.00. The van der Waals surface area contributed by atoms with Crippen molar-refractivity contribution in [2.45, 2.75) is 0 Å². The van der Waals surface area contributed by atoms with Gasteiger partial charge in [-0.2, -0.15) is 35.0 Å². The van der Waals surface area contributed by atoms with Crippen LogP contribution in [0.25, 0.3) is 83.0 Å². The summed E-state index contributed by atoms with van der Waals surface area (Å²) in [6, 6.07) is 47.5. The van der Waals surface area contributed by atoms with E-state index in [4.69, 9.17) is 16.3 Å². The number of pyridine rings is 2. The van der Waals surface area contributed by atoms with Crippen LogP contribution in [0.4, 0.5) is 0 Å². The van der Waals surface area contributed by atoms with Gasteiger partial charge in [-0.3, -0.25) is 0 Å². The molecular weight excluding hydrogens is 1120 g/mol. The van der Waals surface area contributed by atoms with Crippen LogP contribution in [0.2, 0.25) is 0 Å². The summed E-state index contributed by atoms with van der Waals surface area (Å²) in [4.78, 5) is 18.1. The normalized spacial score (nSPS) is 12.5. The van der Waals surface area contributed by atoms with Crippen LogP contribution in [0.3, 0.4) is 0 Å². The zero-order valence-corrected chi connectivity index (χ0v) is 35.8. The maximum atomic E-state index is 9.12. The van der Waals surface area contributed by atoms with Gasteiger partial charge in [0, 0.05) is 61.6 Å². The van der Waals surface area contributed by atoms with E-state index in [-0.39, 0.29) is 77.7 Å². The minimum atomic E-state index is 0. The van der Waals surface area contributed by atoms with Crippen LogP contribution in [0.1, 0.15) is 6.85 Å². The molecule has 0 amide bonds. The van der Waals surface area contributed by atoms with E-state index in [0.29, 0.717) is 68.1 Å². The first kappa shape index (κ1) is 32.9. The zero-order chi connectivity index (χ0) is 43.2. The molecule has 294 valence electrons. The topological polar surface area (TPSA) is 84.8 Å². The number of ether oxygens (including phenoxy) is 2. The van der Waals surface area contributed by atoms with Crippen molar-refractivity contribution in [1.82, 2.24) is 33.6 Å². The number of para-hydroxylation sites is 2. The zero-order valence-electron chi connectivity index (χ0n) is 36.3. The maximum Gasteiger partial charge on any atom is 2.00 e. The monoisotopic (exact) mass is 1150 g/mol. The molecule has 0 aliphatic carbocycles. The number of nitrogens with zero attached hydrogens (tertiary/aromatic N) is 7. The Hall–Kier alpha value is -6.92. The Bertz CT molecular complexity index is 3670. The number of hydrogen-bond acceptors (Lipinski definition) is 6. The first-order valence-corrected chi connectivity index (χ1v) is 18.6. The van der Waals surface area contributed by atoms with Gasteiger partial charge in [-0.25, -0.2) is 19.9 Å². The molecule has 6 aromatic heterocycles. The molecule has 0 aliphatic heterocycles. The average Bonchev–Trinajstić information content (AvgIpc) is 3.92. The molecule has 0 N–H and O–H groups in total. The number of benzene rings is 6. The Morgan fingerprint density at radius 3 is 1.31 bits per heavy atom. The summed E-state index contributed by atoms with van der Waals surface area (Å²) in [5, 5.41) is 4.65. The maximum absolute atomic E-state index is 9.12. The minimum Gasteiger partial charge on any atom is -0.509 e. The summed E-state index contributed by atoms with van der Waals surface area (Å²) >= 11 is 0. The SMILES string of the molecule is [2H]c1cnc(-n2c3[c-]c(Oc4[c-]c5c(c([2H])c4)c4ccccc4n5-c4cc([2H])ccn4)ccc3c3ccc(Oc4[c-]c5c(c([2H])c4)c4ccccc4n5-c4cc([2H])ccn4)[c-]c32)nc1.[Pt+2].[Pt+2]. The second-order valence-electron chi connectivity index (χ2n) is 13.6. The number of hydrogen-bond donors (Lipinski definition) is 0. The summed E-state index contributed by atoms with van der Waals surface area (Å²) in [6.45, 7) is 0. The van der Waals surface area contributed by atoms with Gasteiger partial charge in [0.15, 0.2) is 0 Å². The fourth-order valence-electron chi connectivity index (χ4n) is 7.81. The molecule has 12 aromatic rings. The summed E-state index contributed by atoms with van der Waals surface area (Å²) in [7, 11) is 0. The van der Waals surface area contributed by atoms with Crippen LogP contribution < -0.4 is 9.47 Å². The van der Waals surface area contributed by atoms with E-state index in [1.54, 1.807) is 65.5 Å². The molecule has 0 radical (unpaired) electrons. The van der Waals surface area contributed by atoms with Gasteiger partial charge in [0.25, 0.3) is 0 Å². The van der Waals surface area contributed by atoms with E-state index in [1.807, 2.05) is 69.8 Å². The van der Waals surface area contributed by atoms with Gasteiger partial charge in [-0.1, -0.05) is 70.5 Å². The van der Waals surface area contributed by atoms with Crippen molar-refractivity contribution in [3.8, 4) is 40.6 Å². The fraction of sp³-hybridized carbons (Fsp3) is 0. The number of fused-ring (bicyclic) bond motifs is 9. The molecule has 0 atom stereocenters. The molecule has 0 bridgehead atoms. The predicted molar refractivity (Wildman–Crippen MR) is 229 cm³/mol. The quantitative estimate of drug-likeness (QED) is 0.148. The van der Waals surface area contributed by atoms with E-state index in [9.17, 15) is 0 Å². The van der Waals surface area contributed by atoms with Gasteiger partial charge in [0.05, 0.1) is 4.11 Å². The van der Waals surface area contributed by atoms with Gasteiger partial charge in [0.1, 0.15) is 11.6 Å². The van der Waals surface area contributed by atoms with Crippen molar-refractivity contribution in [3.05, 3.63) is 188 Å². The second-order valence-corrected chi connectivity index (χ2v) is 13.6. The molecule has 11 heteroatoms. The molecule has 0 saturated carbocycles. The standard InChI is InChI=1S/C50H27N7O2.2Pt/c1-3-12-42-36(10-1)38-20-16-32(28-44(38)55(42)48-14-5-7-24-51-48)58-34-18-22-40-41-23-19-35(31-47(41)57(46(40)30-34)50-53-26-9-27-54-50)59-33-17-21-39-37-11-2-4-13-43(37)56(45(39)29-33)49-15-6-8-25-52-49;;/h1-27H;;/q-4;2*+2/i5D,6D,9D,20D,21D;;. The van der Waals surface area contributed by atoms with E-state index in [0.717, 1.165) is 32.6 Å². The third-order valence-corrected chi connectivity index (χ3v) is 10.2. The summed E-state index contributed by atoms with van der Waals surface area (Å²) in [5.74, 6) is 2.55. The van der Waals surface area contributed by atoms with Crippen molar-refractivity contribution in [3.63, 3.8) is 0 Å². The van der Waals surface area contributed by atoms with Crippen molar-refractivity contribution >= 4 is 65.4 Å². The molecule has 12 rings (SSSR count). The Balaban J connectivity index is 0.00000256. The second kappa shape index (κ2) is 15.6. The van der Waals surface area contributed by atoms with Crippen molar-refractivity contribution in [1.29, 1.82) is 0 Å². The first-order valence-electron chi connectivity index (χ1n) is 21.1. The molecule has 0 unspecified atom stereocenters. The Morgan fingerprint density at radius 2 is 0.836 bits per heavy atom. The molecule has 6 aromatic carbocycles. The van der Waals surface area contributed by atoms with Crippen LogP contribution in [-0.2, 0) is 42.1 Å². The minimum absolute atomic E-state index is 0. The molecule has 0 saturated heterocycles. The van der Waals surface area contributed by atoms with E-state index in [2.05, 4.69) is 44.2 Å². The van der Waals surface area contributed by atoms with Crippen molar-refractivity contribution in [2.24, 2.45) is 0 Å². The molecule has 6 heterocycles. The average molecular weight is 1150 g/mol. The molecule has 0 fully saturated rings. The molecule has 9 nitrogen and oxygen atoms in total. The third kappa shape index (κ3) is 6.40. The fourth-order valence-corrected chi connectivity index (χ4v) is 7.81. The Labute approximate surface area is 384 Å². The Morgan fingerprint density at radius 1 is 0.393 bits per heavy atom. The number of rotatable bonds is 7. The smallest absolute Gasteiger partial charge is 0.509 e. The number of aromatic nitrogens is 7. The van der Waals surface area contributed by atoms with Crippen LogP contribution in [-0.4, -0.2) is 33.6 Å². The van der Waals surface area contributed by atoms with Gasteiger partial charge in [0.2, 0.25) is 5.95 Å². The van der Waals surface area contributed by atoms with Crippen LogP contribution >= 0.6 is 0 Å². The molecular formula is C50H27N7O2Pt2. The molecule has 0 spiro atoms. The van der Waals surface area contributed by atoms with Gasteiger partial charge >= 0.3 is 42.1 Å². The van der Waals surface area contributed by atoms with Crippen molar-refractivity contribution in [2.75, 3.05) is 0 Å². The van der Waals surface area contributed by atoms with Crippen LogP contribution in [0.15, 0.2) is 164 Å². The van der Waals surface area contributed by atoms with E-state index < -0.39 is 0 Å². The molecule has 0 aliphatic rings. The summed E-state index contributed by atoms with van der Waals surface area (Å²) in [5.41, 5.74) is 3.93. The third-order valence-electron chi connectivity index (χ3n) is 10.2. The van der Waals surface area contributed by atoms with E-state index >= 15 is 0 Å². The van der Waals surface area contributed by atoms with Gasteiger partial charge in [-0.05, 0) is 53.2 Å². The van der Waals surface area contributed by atoms with Crippen LogP contribution in [0.5, 0.6) is 23.0 Å². The predicted octanol–water partition coefficient (Wildman–Crippen LogP) is 11.3. The van der Waals surface area contributed by atoms with Crippen molar-refractivity contribution < 1.29 is 58.5 Å². The molecule has 61 heavy (non-hydrogen) atoms.